The Morgan fingerprint density at radius 1 is 0.929 bits per heavy atom. The van der Waals surface area contributed by atoms with Crippen LogP contribution in [0, 0.1) is 17.7 Å². The Bertz CT molecular complexity index is 1060. The van der Waals surface area contributed by atoms with Gasteiger partial charge < -0.3 is 0 Å². The Labute approximate surface area is 174 Å². The van der Waals surface area contributed by atoms with Crippen molar-refractivity contribution in [3.8, 4) is 23.0 Å². The highest BCUT2D eigenvalue weighted by Crippen LogP contribution is 2.29. The van der Waals surface area contributed by atoms with Crippen LogP contribution in [0.1, 0.15) is 30.0 Å². The van der Waals surface area contributed by atoms with E-state index >= 15 is 0 Å². The molecule has 0 saturated carbocycles. The normalized spacial score (nSPS) is 9.96. The molecule has 1 nitrogen and oxygen atoms in total. The number of halogens is 2. The van der Waals surface area contributed by atoms with Gasteiger partial charge in [-0.2, -0.15) is 4.99 Å². The Morgan fingerprint density at radius 3 is 2.11 bits per heavy atom. The van der Waals surface area contributed by atoms with Crippen LogP contribution in [0.2, 0.25) is 5.02 Å². The third-order valence-electron chi connectivity index (χ3n) is 4.24. The fraction of sp³-hybridized carbons (Fsp3) is 0.125. The van der Waals surface area contributed by atoms with Crippen molar-refractivity contribution in [3.63, 3.8) is 0 Å². The van der Waals surface area contributed by atoms with Gasteiger partial charge in [0.25, 0.3) is 0 Å². The molecule has 0 amide bonds. The van der Waals surface area contributed by atoms with Gasteiger partial charge in [0.2, 0.25) is 0 Å². The summed E-state index contributed by atoms with van der Waals surface area (Å²) in [5.41, 5.74) is 4.94. The highest BCUT2D eigenvalue weighted by molar-refractivity contribution is 7.78. The molecule has 0 aliphatic heterocycles. The molecule has 0 unspecified atom stereocenters. The number of thiocarbonyl (C=S) groups is 1. The summed E-state index contributed by atoms with van der Waals surface area (Å²) in [4.78, 5) is 3.63. The quantitative estimate of drug-likeness (QED) is 0.253. The average molecular weight is 406 g/mol. The van der Waals surface area contributed by atoms with E-state index in [1.807, 2.05) is 24.3 Å². The summed E-state index contributed by atoms with van der Waals surface area (Å²) in [6.45, 7) is 2.18. The van der Waals surface area contributed by atoms with Gasteiger partial charge in [0.05, 0.1) is 10.2 Å². The molecule has 0 aliphatic carbocycles. The van der Waals surface area contributed by atoms with Gasteiger partial charge in [-0.15, -0.1) is 0 Å². The molecule has 0 spiro atoms. The van der Waals surface area contributed by atoms with Crippen molar-refractivity contribution in [2.45, 2.75) is 19.8 Å². The molecule has 0 atom stereocenters. The average Bonchev–Trinajstić information content (AvgIpc) is 2.70. The summed E-state index contributed by atoms with van der Waals surface area (Å²) < 4.78 is 14.0. The van der Waals surface area contributed by atoms with Gasteiger partial charge in [-0.25, -0.2) is 4.39 Å². The molecular formula is C24H17ClFNS. The lowest BCUT2D eigenvalue weighted by Gasteiger charge is -2.04. The third-order valence-corrected chi connectivity index (χ3v) is 4.62. The molecular weight excluding hydrogens is 389 g/mol. The Balaban J connectivity index is 1.79. The maximum absolute atomic E-state index is 14.0. The first kappa shape index (κ1) is 20.0. The first-order valence-corrected chi connectivity index (χ1v) is 9.67. The molecule has 0 aromatic heterocycles. The smallest absolute Gasteiger partial charge is 0.152 e. The van der Waals surface area contributed by atoms with Gasteiger partial charge in [-0.05, 0) is 59.6 Å². The molecule has 0 saturated heterocycles. The van der Waals surface area contributed by atoms with Crippen LogP contribution >= 0.6 is 23.8 Å². The van der Waals surface area contributed by atoms with E-state index in [2.05, 4.69) is 65.4 Å². The lowest BCUT2D eigenvalue weighted by Crippen LogP contribution is -1.84. The van der Waals surface area contributed by atoms with Crippen molar-refractivity contribution in [3.05, 3.63) is 88.2 Å². The Kier molecular flexibility index (Phi) is 6.74. The minimum absolute atomic E-state index is 0.0171. The number of aryl methyl sites for hydroxylation is 1. The minimum atomic E-state index is -0.573. The summed E-state index contributed by atoms with van der Waals surface area (Å²) in [6.07, 6.45) is 2.24. The molecule has 3 rings (SSSR count). The maximum atomic E-state index is 14.0. The molecule has 0 heterocycles. The summed E-state index contributed by atoms with van der Waals surface area (Å²) in [6, 6.07) is 19.4. The zero-order valence-corrected chi connectivity index (χ0v) is 16.9. The molecule has 28 heavy (non-hydrogen) atoms. The van der Waals surface area contributed by atoms with Crippen molar-refractivity contribution in [1.29, 1.82) is 0 Å². The molecule has 0 aliphatic rings. The van der Waals surface area contributed by atoms with Gasteiger partial charge in [-0.3, -0.25) is 0 Å². The largest absolute Gasteiger partial charge is 0.204 e. The SMILES string of the molecule is CCCc1ccc(-c2ccc(C#Cc3cc(F)c(N=C=S)c(Cl)c3)cc2)cc1. The van der Waals surface area contributed by atoms with Crippen LogP contribution in [0.15, 0.2) is 65.7 Å². The first-order chi connectivity index (χ1) is 13.6. The minimum Gasteiger partial charge on any atom is -0.204 e. The Morgan fingerprint density at radius 2 is 1.54 bits per heavy atom. The van der Waals surface area contributed by atoms with Crippen LogP contribution < -0.4 is 0 Å². The van der Waals surface area contributed by atoms with Crippen LogP contribution in [-0.2, 0) is 6.42 Å². The van der Waals surface area contributed by atoms with Crippen molar-refractivity contribution in [1.82, 2.24) is 0 Å². The molecule has 0 bridgehead atoms. The molecule has 0 fully saturated rings. The third kappa shape index (κ3) is 4.94. The number of aliphatic imine (C=N–C) groups is 1. The van der Waals surface area contributed by atoms with Crippen LogP contribution in [0.3, 0.4) is 0 Å². The van der Waals surface area contributed by atoms with Crippen molar-refractivity contribution >= 4 is 34.7 Å². The zero-order chi connectivity index (χ0) is 19.9. The topological polar surface area (TPSA) is 12.4 Å². The van der Waals surface area contributed by atoms with Gasteiger partial charge in [-0.1, -0.05) is 73.2 Å². The number of rotatable bonds is 4. The van der Waals surface area contributed by atoms with Crippen molar-refractivity contribution < 1.29 is 4.39 Å². The zero-order valence-electron chi connectivity index (χ0n) is 15.3. The van der Waals surface area contributed by atoms with Crippen LogP contribution in [-0.4, -0.2) is 5.16 Å². The first-order valence-electron chi connectivity index (χ1n) is 8.89. The molecule has 0 radical (unpaired) electrons. The van der Waals surface area contributed by atoms with E-state index in [4.69, 9.17) is 11.6 Å². The summed E-state index contributed by atoms with van der Waals surface area (Å²) >= 11 is 10.5. The molecule has 0 N–H and O–H groups in total. The molecule has 4 heteroatoms. The number of nitrogens with zero attached hydrogens (tertiary/aromatic N) is 1. The van der Waals surface area contributed by atoms with Crippen molar-refractivity contribution in [2.75, 3.05) is 0 Å². The lowest BCUT2D eigenvalue weighted by molar-refractivity contribution is 0.630. The highest BCUT2D eigenvalue weighted by atomic mass is 35.5. The van der Waals surface area contributed by atoms with E-state index in [0.29, 0.717) is 5.56 Å². The monoisotopic (exact) mass is 405 g/mol. The molecule has 3 aromatic rings. The van der Waals surface area contributed by atoms with E-state index in [1.165, 1.54) is 17.2 Å². The van der Waals surface area contributed by atoms with Gasteiger partial charge in [0.1, 0.15) is 5.69 Å². The fourth-order valence-electron chi connectivity index (χ4n) is 2.83. The second-order valence-electron chi connectivity index (χ2n) is 6.27. The van der Waals surface area contributed by atoms with Crippen LogP contribution in [0.25, 0.3) is 11.1 Å². The van der Waals surface area contributed by atoms with E-state index in [1.54, 1.807) is 6.07 Å². The predicted molar refractivity (Wildman–Crippen MR) is 118 cm³/mol. The van der Waals surface area contributed by atoms with Crippen LogP contribution in [0.4, 0.5) is 10.1 Å². The van der Waals surface area contributed by atoms with E-state index in [0.717, 1.165) is 24.0 Å². The summed E-state index contributed by atoms with van der Waals surface area (Å²) in [5.74, 6) is 5.39. The van der Waals surface area contributed by atoms with E-state index < -0.39 is 5.82 Å². The second kappa shape index (κ2) is 9.44. The standard InChI is InChI=1S/C24H17ClFNS/c1-2-3-17-6-10-20(11-7-17)21-12-8-18(9-13-21)4-5-19-14-22(25)24(27-16-28)23(26)15-19/h6-15H,2-3H2,1H3. The number of isothiocyanates is 1. The number of hydrogen-bond donors (Lipinski definition) is 0. The Hall–Kier alpha value is -2.76. The highest BCUT2D eigenvalue weighted by Gasteiger charge is 2.07. The van der Waals surface area contributed by atoms with Crippen LogP contribution in [0.5, 0.6) is 0 Å². The van der Waals surface area contributed by atoms with E-state index in [9.17, 15) is 4.39 Å². The number of benzene rings is 3. The second-order valence-corrected chi connectivity index (χ2v) is 6.86. The summed E-state index contributed by atoms with van der Waals surface area (Å²) in [7, 11) is 0. The lowest BCUT2D eigenvalue weighted by atomic mass is 10.0. The van der Waals surface area contributed by atoms with Gasteiger partial charge in [0.15, 0.2) is 5.82 Å². The van der Waals surface area contributed by atoms with Gasteiger partial charge >= 0.3 is 0 Å². The summed E-state index contributed by atoms with van der Waals surface area (Å²) in [5, 5.41) is 2.27. The predicted octanol–water partition coefficient (Wildman–Crippen LogP) is 7.23. The van der Waals surface area contributed by atoms with Crippen molar-refractivity contribution in [2.24, 2.45) is 4.99 Å². The maximum Gasteiger partial charge on any atom is 0.152 e. The van der Waals surface area contributed by atoms with E-state index in [-0.39, 0.29) is 10.7 Å². The molecule has 138 valence electrons. The molecule has 3 aromatic carbocycles. The number of hydrogen-bond acceptors (Lipinski definition) is 2. The fourth-order valence-corrected chi connectivity index (χ4v) is 3.17. The van der Waals surface area contributed by atoms with Gasteiger partial charge in [0, 0.05) is 11.1 Å².